The van der Waals surface area contributed by atoms with E-state index in [-0.39, 0.29) is 11.9 Å². The summed E-state index contributed by atoms with van der Waals surface area (Å²) < 4.78 is 0. The van der Waals surface area contributed by atoms with Crippen molar-refractivity contribution in [2.45, 2.75) is 18.9 Å². The number of aromatic amines is 1. The number of carbonyl (C=O) groups is 1. The van der Waals surface area contributed by atoms with Crippen LogP contribution in [0.4, 0.5) is 0 Å². The Hall–Kier alpha value is -2.10. The molecule has 1 aliphatic rings. The lowest BCUT2D eigenvalue weighted by atomic mass is 10.1. The van der Waals surface area contributed by atoms with Gasteiger partial charge >= 0.3 is 0 Å². The summed E-state index contributed by atoms with van der Waals surface area (Å²) in [6.07, 6.45) is 5.09. The third-order valence-corrected chi connectivity index (χ3v) is 3.64. The van der Waals surface area contributed by atoms with Crippen LogP contribution in [0.25, 0.3) is 0 Å². The molecule has 0 bridgehead atoms. The summed E-state index contributed by atoms with van der Waals surface area (Å²) in [4.78, 5) is 14.0. The van der Waals surface area contributed by atoms with Crippen LogP contribution in [0.2, 0.25) is 0 Å². The number of aromatic nitrogens is 2. The quantitative estimate of drug-likeness (QED) is 0.869. The van der Waals surface area contributed by atoms with Crippen LogP contribution in [0.3, 0.4) is 0 Å². The van der Waals surface area contributed by atoms with Crippen molar-refractivity contribution in [2.75, 3.05) is 7.05 Å². The summed E-state index contributed by atoms with van der Waals surface area (Å²) in [6, 6.07) is 8.65. The monoisotopic (exact) mass is 241 g/mol. The minimum Gasteiger partial charge on any atom is -0.338 e. The number of fused-ring (bicyclic) bond motifs is 1. The van der Waals surface area contributed by atoms with Crippen molar-refractivity contribution in [1.29, 1.82) is 0 Å². The van der Waals surface area contributed by atoms with Gasteiger partial charge in [0.2, 0.25) is 0 Å². The maximum absolute atomic E-state index is 12.2. The molecule has 4 nitrogen and oxygen atoms in total. The van der Waals surface area contributed by atoms with E-state index >= 15 is 0 Å². The molecule has 92 valence electrons. The SMILES string of the molecule is CN(C(=O)c1cn[nH]c1)C1Cc2ccccc2C1. The van der Waals surface area contributed by atoms with E-state index in [0.717, 1.165) is 12.8 Å². The molecule has 3 rings (SSSR count). The van der Waals surface area contributed by atoms with Crippen LogP contribution in [0, 0.1) is 0 Å². The zero-order chi connectivity index (χ0) is 12.5. The summed E-state index contributed by atoms with van der Waals surface area (Å²) in [5.74, 6) is 0.0292. The van der Waals surface area contributed by atoms with E-state index in [9.17, 15) is 4.79 Å². The van der Waals surface area contributed by atoms with Crippen LogP contribution in [-0.4, -0.2) is 34.1 Å². The highest BCUT2D eigenvalue weighted by Gasteiger charge is 2.27. The van der Waals surface area contributed by atoms with Gasteiger partial charge in [0.05, 0.1) is 11.8 Å². The molecule has 1 heterocycles. The van der Waals surface area contributed by atoms with E-state index < -0.39 is 0 Å². The number of nitrogens with one attached hydrogen (secondary N) is 1. The fraction of sp³-hybridized carbons (Fsp3) is 0.286. The van der Waals surface area contributed by atoms with E-state index in [1.54, 1.807) is 12.4 Å². The summed E-state index contributed by atoms with van der Waals surface area (Å²) >= 11 is 0. The molecule has 1 N–H and O–H groups in total. The number of H-pyrrole nitrogens is 1. The molecule has 0 spiro atoms. The minimum absolute atomic E-state index is 0.0292. The van der Waals surface area contributed by atoms with Gasteiger partial charge in [-0.3, -0.25) is 9.89 Å². The van der Waals surface area contributed by atoms with Gasteiger partial charge in [0.1, 0.15) is 0 Å². The standard InChI is InChI=1S/C14H15N3O/c1-17(14(18)12-8-15-16-9-12)13-6-10-4-2-3-5-11(10)7-13/h2-5,8-9,13H,6-7H2,1H3,(H,15,16). The number of amides is 1. The molecule has 0 unspecified atom stereocenters. The van der Waals surface area contributed by atoms with Gasteiger partial charge in [0, 0.05) is 19.3 Å². The van der Waals surface area contributed by atoms with Crippen molar-refractivity contribution in [1.82, 2.24) is 15.1 Å². The Morgan fingerprint density at radius 3 is 2.56 bits per heavy atom. The lowest BCUT2D eigenvalue weighted by molar-refractivity contribution is 0.0738. The van der Waals surface area contributed by atoms with Crippen molar-refractivity contribution >= 4 is 5.91 Å². The molecule has 1 amide bonds. The Morgan fingerprint density at radius 1 is 1.33 bits per heavy atom. The van der Waals surface area contributed by atoms with Crippen molar-refractivity contribution < 1.29 is 4.79 Å². The first-order valence-corrected chi connectivity index (χ1v) is 6.08. The van der Waals surface area contributed by atoms with Gasteiger partial charge in [-0.15, -0.1) is 0 Å². The Kier molecular flexibility index (Phi) is 2.63. The Balaban J connectivity index is 1.76. The Morgan fingerprint density at radius 2 is 2.00 bits per heavy atom. The number of carbonyl (C=O) groups excluding carboxylic acids is 1. The van der Waals surface area contributed by atoms with E-state index in [1.165, 1.54) is 11.1 Å². The first-order chi connectivity index (χ1) is 8.75. The molecule has 0 saturated heterocycles. The molecule has 18 heavy (non-hydrogen) atoms. The van der Waals surface area contributed by atoms with Crippen molar-refractivity contribution in [3.63, 3.8) is 0 Å². The van der Waals surface area contributed by atoms with Crippen molar-refractivity contribution in [2.24, 2.45) is 0 Å². The highest BCUT2D eigenvalue weighted by Crippen LogP contribution is 2.25. The molecule has 4 heteroatoms. The van der Waals surface area contributed by atoms with Crippen molar-refractivity contribution in [3.05, 3.63) is 53.3 Å². The summed E-state index contributed by atoms with van der Waals surface area (Å²) in [7, 11) is 1.87. The highest BCUT2D eigenvalue weighted by atomic mass is 16.2. The molecule has 0 aliphatic heterocycles. The third-order valence-electron chi connectivity index (χ3n) is 3.64. The van der Waals surface area contributed by atoms with Gasteiger partial charge in [-0.05, 0) is 24.0 Å². The van der Waals surface area contributed by atoms with Crippen LogP contribution in [-0.2, 0) is 12.8 Å². The molecule has 1 aliphatic carbocycles. The van der Waals surface area contributed by atoms with Crippen LogP contribution in [0.5, 0.6) is 0 Å². The average molecular weight is 241 g/mol. The molecule has 0 fully saturated rings. The number of hydrogen-bond acceptors (Lipinski definition) is 2. The van der Waals surface area contributed by atoms with E-state index in [4.69, 9.17) is 0 Å². The Labute approximate surface area is 106 Å². The van der Waals surface area contributed by atoms with E-state index in [1.807, 2.05) is 11.9 Å². The van der Waals surface area contributed by atoms with Gasteiger partial charge in [0.15, 0.2) is 0 Å². The van der Waals surface area contributed by atoms with Crippen molar-refractivity contribution in [3.8, 4) is 0 Å². The lowest BCUT2D eigenvalue weighted by Crippen LogP contribution is -2.37. The average Bonchev–Trinajstić information content (AvgIpc) is 3.05. The van der Waals surface area contributed by atoms with Gasteiger partial charge in [-0.1, -0.05) is 24.3 Å². The second kappa shape index (κ2) is 4.29. The predicted molar refractivity (Wildman–Crippen MR) is 68.3 cm³/mol. The second-order valence-corrected chi connectivity index (χ2v) is 4.73. The van der Waals surface area contributed by atoms with E-state index in [0.29, 0.717) is 5.56 Å². The number of nitrogens with zero attached hydrogens (tertiary/aromatic N) is 2. The summed E-state index contributed by atoms with van der Waals surface area (Å²) in [5.41, 5.74) is 3.33. The second-order valence-electron chi connectivity index (χ2n) is 4.73. The molecular formula is C14H15N3O. The molecule has 2 aromatic rings. The molecule has 0 atom stereocenters. The van der Waals surface area contributed by atoms with Crippen LogP contribution in [0.15, 0.2) is 36.7 Å². The first-order valence-electron chi connectivity index (χ1n) is 6.08. The van der Waals surface area contributed by atoms with E-state index in [2.05, 4.69) is 34.5 Å². The van der Waals surface area contributed by atoms with Crippen LogP contribution in [0.1, 0.15) is 21.5 Å². The number of benzene rings is 1. The fourth-order valence-corrected chi connectivity index (χ4v) is 2.55. The summed E-state index contributed by atoms with van der Waals surface area (Å²) in [6.45, 7) is 0. The minimum atomic E-state index is 0.0292. The largest absolute Gasteiger partial charge is 0.338 e. The number of likely N-dealkylation sites (N-methyl/N-ethyl adjacent to an activating group) is 1. The molecule has 0 radical (unpaired) electrons. The van der Waals surface area contributed by atoms with Crippen LogP contribution < -0.4 is 0 Å². The lowest BCUT2D eigenvalue weighted by Gasteiger charge is -2.23. The third kappa shape index (κ3) is 1.79. The van der Waals surface area contributed by atoms with Gasteiger partial charge < -0.3 is 4.90 Å². The van der Waals surface area contributed by atoms with Gasteiger partial charge in [-0.2, -0.15) is 5.10 Å². The zero-order valence-electron chi connectivity index (χ0n) is 10.3. The maximum atomic E-state index is 12.2. The molecule has 1 aromatic heterocycles. The molecular weight excluding hydrogens is 226 g/mol. The normalized spacial score (nSPS) is 14.5. The van der Waals surface area contributed by atoms with Gasteiger partial charge in [0.25, 0.3) is 5.91 Å². The highest BCUT2D eigenvalue weighted by molar-refractivity contribution is 5.93. The maximum Gasteiger partial charge on any atom is 0.257 e. The number of rotatable bonds is 2. The fourth-order valence-electron chi connectivity index (χ4n) is 2.55. The predicted octanol–water partition coefficient (Wildman–Crippen LogP) is 1.65. The first kappa shape index (κ1) is 11.0. The van der Waals surface area contributed by atoms with Gasteiger partial charge in [-0.25, -0.2) is 0 Å². The molecule has 0 saturated carbocycles. The Bertz CT molecular complexity index is 537. The summed E-state index contributed by atoms with van der Waals surface area (Å²) in [5, 5.41) is 6.49. The molecule has 1 aromatic carbocycles. The topological polar surface area (TPSA) is 49.0 Å². The number of hydrogen-bond donors (Lipinski definition) is 1. The van der Waals surface area contributed by atoms with Crippen LogP contribution >= 0.6 is 0 Å². The smallest absolute Gasteiger partial charge is 0.257 e. The zero-order valence-corrected chi connectivity index (χ0v) is 10.3.